The fourth-order valence-corrected chi connectivity index (χ4v) is 1.11. The highest BCUT2D eigenvalue weighted by molar-refractivity contribution is 6.31. The van der Waals surface area contributed by atoms with Gasteiger partial charge in [0.15, 0.2) is 0 Å². The van der Waals surface area contributed by atoms with Crippen molar-refractivity contribution in [3.63, 3.8) is 0 Å². The highest BCUT2D eigenvalue weighted by Gasteiger charge is 2.24. The first-order chi connectivity index (χ1) is 6.11. The quantitative estimate of drug-likeness (QED) is 0.447. The molecule has 0 aliphatic carbocycles. The number of hydrogen-bond acceptors (Lipinski definition) is 3. The molecule has 0 atom stereocenters. The van der Waals surface area contributed by atoms with Crippen molar-refractivity contribution in [3.8, 4) is 0 Å². The van der Waals surface area contributed by atoms with E-state index in [1.54, 1.807) is 0 Å². The lowest BCUT2D eigenvalue weighted by Crippen LogP contribution is -2.40. The van der Waals surface area contributed by atoms with Crippen LogP contribution in [0.1, 0.15) is 6.42 Å². The maximum absolute atomic E-state index is 10.9. The number of nitrogens with one attached hydrogen (secondary N) is 1. The Hall–Kier alpha value is -1.59. The predicted molar refractivity (Wildman–Crippen MR) is 41.8 cm³/mol. The maximum Gasteiger partial charge on any atom is 0.394 e. The average molecular weight is 186 g/mol. The maximum atomic E-state index is 10.9. The Bertz CT molecular complexity index is 251. The zero-order valence-electron chi connectivity index (χ0n) is 6.95. The van der Waals surface area contributed by atoms with Gasteiger partial charge in [-0.1, -0.05) is 0 Å². The van der Waals surface area contributed by atoms with Crippen LogP contribution in [0, 0.1) is 0 Å². The molecule has 1 aliphatic rings. The summed E-state index contributed by atoms with van der Waals surface area (Å²) in [4.78, 5) is 33.2. The van der Waals surface area contributed by atoms with Crippen LogP contribution in [0.15, 0.2) is 0 Å². The van der Waals surface area contributed by atoms with E-state index in [0.29, 0.717) is 19.5 Å². The minimum atomic E-state index is -1.52. The van der Waals surface area contributed by atoms with Crippen LogP contribution in [0.3, 0.4) is 0 Å². The second-order valence-corrected chi connectivity index (χ2v) is 2.74. The normalized spacial score (nSPS) is 17.5. The van der Waals surface area contributed by atoms with Gasteiger partial charge in [0.1, 0.15) is 6.54 Å². The van der Waals surface area contributed by atoms with Crippen LogP contribution < -0.4 is 5.32 Å². The summed E-state index contributed by atoms with van der Waals surface area (Å²) in [7, 11) is 0. The Labute approximate surface area is 74.5 Å². The minimum absolute atomic E-state index is 0.162. The molecule has 6 nitrogen and oxygen atoms in total. The molecule has 0 spiro atoms. The summed E-state index contributed by atoms with van der Waals surface area (Å²) in [6.45, 7) is 0.636. The van der Waals surface area contributed by atoms with E-state index < -0.39 is 11.9 Å². The smallest absolute Gasteiger partial charge is 0.394 e. The molecule has 0 aromatic heterocycles. The Morgan fingerprint density at radius 2 is 2.15 bits per heavy atom. The fourth-order valence-electron chi connectivity index (χ4n) is 1.11. The van der Waals surface area contributed by atoms with Gasteiger partial charge in [0.05, 0.1) is 0 Å². The Kier molecular flexibility index (Phi) is 2.84. The van der Waals surface area contributed by atoms with Gasteiger partial charge >= 0.3 is 11.9 Å². The molecule has 0 unspecified atom stereocenters. The Morgan fingerprint density at radius 3 is 2.77 bits per heavy atom. The molecule has 0 radical (unpaired) electrons. The van der Waals surface area contributed by atoms with Crippen molar-refractivity contribution < 1.29 is 19.5 Å². The van der Waals surface area contributed by atoms with Gasteiger partial charge in [-0.15, -0.1) is 0 Å². The molecule has 6 heteroatoms. The summed E-state index contributed by atoms with van der Waals surface area (Å²) in [6.07, 6.45) is 0.588. The second-order valence-electron chi connectivity index (χ2n) is 2.74. The van der Waals surface area contributed by atoms with Crippen LogP contribution in [0.5, 0.6) is 0 Å². The standard InChI is InChI=1S/C7H10N2O4/c10-5-4-9(3-1-2-8-5)6(11)7(12)13/h1-4H2,(H,8,10)(H,12,13). The monoisotopic (exact) mass is 186 g/mol. The number of carboxylic acids is 1. The molecule has 0 bridgehead atoms. The average Bonchev–Trinajstić information content (AvgIpc) is 2.28. The topological polar surface area (TPSA) is 86.7 Å². The summed E-state index contributed by atoms with van der Waals surface area (Å²) >= 11 is 0. The van der Waals surface area contributed by atoms with E-state index >= 15 is 0 Å². The summed E-state index contributed by atoms with van der Waals surface area (Å²) in [5.41, 5.74) is 0. The van der Waals surface area contributed by atoms with Crippen molar-refractivity contribution >= 4 is 17.8 Å². The van der Waals surface area contributed by atoms with Crippen LogP contribution >= 0.6 is 0 Å². The van der Waals surface area contributed by atoms with E-state index in [1.807, 2.05) is 0 Å². The van der Waals surface area contributed by atoms with E-state index in [-0.39, 0.29) is 12.5 Å². The molecule has 2 amide bonds. The summed E-state index contributed by atoms with van der Waals surface area (Å²) < 4.78 is 0. The van der Waals surface area contributed by atoms with E-state index in [0.717, 1.165) is 4.90 Å². The third kappa shape index (κ3) is 2.43. The minimum Gasteiger partial charge on any atom is -0.474 e. The molecule has 0 aromatic rings. The second kappa shape index (κ2) is 3.88. The number of hydrogen-bond donors (Lipinski definition) is 2. The summed E-state index contributed by atoms with van der Waals surface area (Å²) in [5, 5.41) is 10.9. The molecule has 0 saturated carbocycles. The van der Waals surface area contributed by atoms with Crippen LogP contribution in [0.2, 0.25) is 0 Å². The molecule has 1 rings (SSSR count). The van der Waals surface area contributed by atoms with Gasteiger partial charge in [-0.2, -0.15) is 0 Å². The van der Waals surface area contributed by atoms with Crippen molar-refractivity contribution in [3.05, 3.63) is 0 Å². The molecule has 1 aliphatic heterocycles. The Balaban J connectivity index is 2.62. The number of nitrogens with zero attached hydrogens (tertiary/aromatic N) is 1. The number of carbonyl (C=O) groups is 3. The largest absolute Gasteiger partial charge is 0.474 e. The first-order valence-electron chi connectivity index (χ1n) is 3.90. The van der Waals surface area contributed by atoms with E-state index in [2.05, 4.69) is 5.32 Å². The van der Waals surface area contributed by atoms with Gasteiger partial charge in [-0.25, -0.2) is 4.79 Å². The number of rotatable bonds is 0. The SMILES string of the molecule is O=C1CN(C(=O)C(=O)O)CCCN1. The number of aliphatic carboxylic acids is 1. The first-order valence-corrected chi connectivity index (χ1v) is 3.90. The van der Waals surface area contributed by atoms with Crippen molar-refractivity contribution in [2.45, 2.75) is 6.42 Å². The number of carbonyl (C=O) groups excluding carboxylic acids is 2. The van der Waals surface area contributed by atoms with Gasteiger partial charge in [0.2, 0.25) is 5.91 Å². The zero-order chi connectivity index (χ0) is 9.84. The highest BCUT2D eigenvalue weighted by Crippen LogP contribution is 1.96. The van der Waals surface area contributed by atoms with Crippen molar-refractivity contribution in [1.82, 2.24) is 10.2 Å². The van der Waals surface area contributed by atoms with Gasteiger partial charge in [-0.05, 0) is 6.42 Å². The molecule has 72 valence electrons. The van der Waals surface area contributed by atoms with Crippen molar-refractivity contribution in [2.75, 3.05) is 19.6 Å². The lowest BCUT2D eigenvalue weighted by molar-refractivity contribution is -0.156. The van der Waals surface area contributed by atoms with Crippen LogP contribution in [-0.4, -0.2) is 47.4 Å². The van der Waals surface area contributed by atoms with E-state index in [4.69, 9.17) is 5.11 Å². The molecule has 2 N–H and O–H groups in total. The molecule has 1 saturated heterocycles. The van der Waals surface area contributed by atoms with Crippen LogP contribution in [0.25, 0.3) is 0 Å². The molecule has 0 aromatic carbocycles. The van der Waals surface area contributed by atoms with Crippen LogP contribution in [0.4, 0.5) is 0 Å². The lowest BCUT2D eigenvalue weighted by Gasteiger charge is -2.15. The number of carboxylic acid groups (broad SMARTS) is 1. The first kappa shape index (κ1) is 9.50. The van der Waals surface area contributed by atoms with Gasteiger partial charge in [0.25, 0.3) is 0 Å². The zero-order valence-corrected chi connectivity index (χ0v) is 6.95. The lowest BCUT2D eigenvalue weighted by atomic mass is 10.4. The molecule has 1 heterocycles. The summed E-state index contributed by atoms with van der Waals surface area (Å²) in [5.74, 6) is -2.85. The Morgan fingerprint density at radius 1 is 1.46 bits per heavy atom. The third-order valence-corrected chi connectivity index (χ3v) is 1.73. The van der Waals surface area contributed by atoms with E-state index in [1.165, 1.54) is 0 Å². The highest BCUT2D eigenvalue weighted by atomic mass is 16.4. The molecular formula is C7H10N2O4. The molecular weight excluding hydrogens is 176 g/mol. The van der Waals surface area contributed by atoms with Crippen molar-refractivity contribution in [2.24, 2.45) is 0 Å². The van der Waals surface area contributed by atoms with Gasteiger partial charge < -0.3 is 15.3 Å². The molecule has 13 heavy (non-hydrogen) atoms. The van der Waals surface area contributed by atoms with Crippen molar-refractivity contribution in [1.29, 1.82) is 0 Å². The van der Waals surface area contributed by atoms with Crippen LogP contribution in [-0.2, 0) is 14.4 Å². The fraction of sp³-hybridized carbons (Fsp3) is 0.571. The summed E-state index contributed by atoms with van der Waals surface area (Å²) in [6, 6.07) is 0. The predicted octanol–water partition coefficient (Wildman–Crippen LogP) is -1.58. The molecule has 1 fully saturated rings. The third-order valence-electron chi connectivity index (χ3n) is 1.73. The van der Waals surface area contributed by atoms with Gasteiger partial charge in [0, 0.05) is 13.1 Å². The number of amides is 2. The van der Waals surface area contributed by atoms with E-state index in [9.17, 15) is 14.4 Å². The van der Waals surface area contributed by atoms with Gasteiger partial charge in [-0.3, -0.25) is 9.59 Å².